The van der Waals surface area contributed by atoms with Gasteiger partial charge in [0, 0.05) is 43.7 Å². The first-order valence-electron chi connectivity index (χ1n) is 10.3. The monoisotopic (exact) mass is 408 g/mol. The standard InChI is InChI=1S/C22H25FN6O/c1-27-12-14-3-7-18(27)21(23)22(14)28(2)20-8-6-17(25-26-20)16-5-4-15(11-19(16)30)29-10-9-24-13-29/h4-6,8-11,13-14,18,21-22,30H,3,7,12H2,1-2H3/t14?,18?,21-,22-/m0/s1. The minimum atomic E-state index is -0.895. The molecule has 0 amide bonds. The van der Waals surface area contributed by atoms with Gasteiger partial charge in [0.15, 0.2) is 5.82 Å². The van der Waals surface area contributed by atoms with E-state index in [4.69, 9.17) is 0 Å². The maximum Gasteiger partial charge on any atom is 0.151 e. The van der Waals surface area contributed by atoms with Gasteiger partial charge in [0.2, 0.25) is 0 Å². The molecule has 6 rings (SSSR count). The van der Waals surface area contributed by atoms with Crippen LogP contribution in [-0.4, -0.2) is 68.7 Å². The largest absolute Gasteiger partial charge is 0.507 e. The number of alkyl halides is 1. The first kappa shape index (κ1) is 19.0. The van der Waals surface area contributed by atoms with Gasteiger partial charge in [0.25, 0.3) is 0 Å². The molecule has 4 heterocycles. The van der Waals surface area contributed by atoms with E-state index >= 15 is 4.39 Å². The molecule has 2 aliphatic heterocycles. The number of piperidine rings is 2. The Labute approximate surface area is 174 Å². The van der Waals surface area contributed by atoms with Crippen molar-refractivity contribution in [1.82, 2.24) is 24.6 Å². The topological polar surface area (TPSA) is 70.3 Å². The number of phenols is 1. The molecule has 156 valence electrons. The Hall–Kier alpha value is -3.00. The third kappa shape index (κ3) is 3.11. The zero-order valence-electron chi connectivity index (χ0n) is 17.1. The van der Waals surface area contributed by atoms with E-state index in [1.54, 1.807) is 18.6 Å². The van der Waals surface area contributed by atoms with Crippen LogP contribution in [0.4, 0.5) is 10.2 Å². The van der Waals surface area contributed by atoms with Crippen LogP contribution in [0, 0.1) is 5.92 Å². The molecule has 3 aromatic rings. The maximum atomic E-state index is 15.1. The van der Waals surface area contributed by atoms with Crippen molar-refractivity contribution in [2.45, 2.75) is 31.1 Å². The number of hydrogen-bond donors (Lipinski definition) is 1. The molecule has 7 nitrogen and oxygen atoms in total. The molecular weight excluding hydrogens is 383 g/mol. The number of anilines is 1. The molecular formula is C22H25FN6O. The highest BCUT2D eigenvalue weighted by atomic mass is 19.1. The van der Waals surface area contributed by atoms with Gasteiger partial charge in [-0.05, 0) is 50.1 Å². The lowest BCUT2D eigenvalue weighted by Crippen LogP contribution is -2.64. The van der Waals surface area contributed by atoms with E-state index in [9.17, 15) is 5.11 Å². The first-order chi connectivity index (χ1) is 14.5. The van der Waals surface area contributed by atoms with E-state index < -0.39 is 6.17 Å². The van der Waals surface area contributed by atoms with Crippen molar-refractivity contribution in [2.75, 3.05) is 25.5 Å². The van der Waals surface area contributed by atoms with Crippen LogP contribution in [0.2, 0.25) is 0 Å². The number of nitrogens with zero attached hydrogens (tertiary/aromatic N) is 6. The predicted octanol–water partition coefficient (Wildman–Crippen LogP) is 2.90. The van der Waals surface area contributed by atoms with Crippen LogP contribution in [0.3, 0.4) is 0 Å². The Morgan fingerprint density at radius 3 is 2.67 bits per heavy atom. The number of aromatic hydroxyl groups is 1. The lowest BCUT2D eigenvalue weighted by molar-refractivity contribution is -0.0177. The maximum absolute atomic E-state index is 15.1. The smallest absolute Gasteiger partial charge is 0.151 e. The second-order valence-corrected chi connectivity index (χ2v) is 8.34. The zero-order valence-corrected chi connectivity index (χ0v) is 17.1. The Balaban J connectivity index is 1.37. The van der Waals surface area contributed by atoms with Crippen molar-refractivity contribution in [3.63, 3.8) is 0 Å². The number of hydrogen-bond acceptors (Lipinski definition) is 6. The number of fused-ring (bicyclic) bond motifs is 3. The second kappa shape index (κ2) is 7.36. The highest BCUT2D eigenvalue weighted by molar-refractivity contribution is 5.69. The van der Waals surface area contributed by atoms with Crippen LogP contribution >= 0.6 is 0 Å². The number of phenolic OH excluding ortho intramolecular Hbond substituents is 1. The predicted molar refractivity (Wildman–Crippen MR) is 112 cm³/mol. The fraction of sp³-hybridized carbons (Fsp3) is 0.409. The molecule has 1 saturated carbocycles. The summed E-state index contributed by atoms with van der Waals surface area (Å²) in [6.07, 6.45) is 6.25. The van der Waals surface area contributed by atoms with Crippen molar-refractivity contribution in [1.29, 1.82) is 0 Å². The molecule has 1 aliphatic carbocycles. The molecule has 8 heteroatoms. The summed E-state index contributed by atoms with van der Waals surface area (Å²) in [7, 11) is 3.91. The average Bonchev–Trinajstić information content (AvgIpc) is 3.29. The van der Waals surface area contributed by atoms with Gasteiger partial charge in [-0.25, -0.2) is 9.37 Å². The molecule has 1 aromatic carbocycles. The highest BCUT2D eigenvalue weighted by Gasteiger charge is 2.48. The Morgan fingerprint density at radius 2 is 2.03 bits per heavy atom. The van der Waals surface area contributed by atoms with E-state index in [0.29, 0.717) is 23.0 Å². The molecule has 2 unspecified atom stereocenters. The van der Waals surface area contributed by atoms with Gasteiger partial charge >= 0.3 is 0 Å². The number of halogens is 1. The minimum absolute atomic E-state index is 0.0133. The highest BCUT2D eigenvalue weighted by Crippen LogP contribution is 2.39. The normalized spacial score (nSPS) is 26.1. The molecule has 30 heavy (non-hydrogen) atoms. The number of aromatic nitrogens is 4. The Kier molecular flexibility index (Phi) is 4.66. The van der Waals surface area contributed by atoms with Crippen LogP contribution in [0.5, 0.6) is 5.75 Å². The second-order valence-electron chi connectivity index (χ2n) is 8.34. The van der Waals surface area contributed by atoms with Crippen molar-refractivity contribution in [3.05, 3.63) is 49.1 Å². The van der Waals surface area contributed by atoms with Gasteiger partial charge < -0.3 is 19.5 Å². The number of rotatable bonds is 4. The molecule has 0 spiro atoms. The lowest BCUT2D eigenvalue weighted by Gasteiger charge is -2.52. The summed E-state index contributed by atoms with van der Waals surface area (Å²) in [4.78, 5) is 8.11. The SMILES string of the molecule is CN1CC2CCC1[C@H](F)[C@H]2N(C)c1ccc(-c2ccc(-n3ccnc3)cc2O)nn1. The van der Waals surface area contributed by atoms with Gasteiger partial charge in [-0.1, -0.05) is 0 Å². The van der Waals surface area contributed by atoms with Crippen LogP contribution < -0.4 is 4.90 Å². The summed E-state index contributed by atoms with van der Waals surface area (Å²) in [6, 6.07) is 8.85. The van der Waals surface area contributed by atoms with E-state index in [1.165, 1.54) is 0 Å². The summed E-state index contributed by atoms with van der Waals surface area (Å²) in [5, 5.41) is 19.2. The van der Waals surface area contributed by atoms with Gasteiger partial charge in [-0.15, -0.1) is 10.2 Å². The number of imidazole rings is 1. The summed E-state index contributed by atoms with van der Waals surface area (Å²) >= 11 is 0. The zero-order chi connectivity index (χ0) is 20.8. The molecule has 1 N–H and O–H groups in total. The van der Waals surface area contributed by atoms with E-state index in [0.717, 1.165) is 25.1 Å². The van der Waals surface area contributed by atoms with E-state index in [1.807, 2.05) is 54.0 Å². The Morgan fingerprint density at radius 1 is 1.17 bits per heavy atom. The summed E-state index contributed by atoms with van der Waals surface area (Å²) in [5.74, 6) is 1.06. The fourth-order valence-corrected chi connectivity index (χ4v) is 5.02. The fourth-order valence-electron chi connectivity index (χ4n) is 5.02. The average molecular weight is 408 g/mol. The van der Waals surface area contributed by atoms with E-state index in [2.05, 4.69) is 20.1 Å². The van der Waals surface area contributed by atoms with Crippen LogP contribution in [0.1, 0.15) is 12.8 Å². The molecule has 2 bridgehead atoms. The van der Waals surface area contributed by atoms with Gasteiger partial charge in [0.1, 0.15) is 11.9 Å². The third-order valence-corrected chi connectivity index (χ3v) is 6.62. The van der Waals surface area contributed by atoms with Crippen molar-refractivity contribution < 1.29 is 9.50 Å². The molecule has 4 atom stereocenters. The molecule has 2 aromatic heterocycles. The van der Waals surface area contributed by atoms with E-state index in [-0.39, 0.29) is 17.8 Å². The van der Waals surface area contributed by atoms with Crippen LogP contribution in [0.25, 0.3) is 16.9 Å². The van der Waals surface area contributed by atoms with Gasteiger partial charge in [-0.3, -0.25) is 0 Å². The van der Waals surface area contributed by atoms with Crippen LogP contribution in [0.15, 0.2) is 49.1 Å². The van der Waals surface area contributed by atoms with Crippen molar-refractivity contribution in [2.24, 2.45) is 5.92 Å². The van der Waals surface area contributed by atoms with Crippen molar-refractivity contribution >= 4 is 5.82 Å². The molecule has 0 radical (unpaired) electrons. The van der Waals surface area contributed by atoms with Gasteiger partial charge in [0.05, 0.1) is 23.8 Å². The molecule has 3 fully saturated rings. The number of benzene rings is 1. The summed E-state index contributed by atoms with van der Waals surface area (Å²) < 4.78 is 16.9. The molecule has 3 aliphatic rings. The molecule has 2 saturated heterocycles. The third-order valence-electron chi connectivity index (χ3n) is 6.62. The lowest BCUT2D eigenvalue weighted by atomic mass is 9.74. The summed E-state index contributed by atoms with van der Waals surface area (Å²) in [5.41, 5.74) is 1.98. The van der Waals surface area contributed by atoms with Crippen LogP contribution in [-0.2, 0) is 0 Å². The van der Waals surface area contributed by atoms with Gasteiger partial charge in [-0.2, -0.15) is 0 Å². The van der Waals surface area contributed by atoms with Crippen molar-refractivity contribution in [3.8, 4) is 22.7 Å². The minimum Gasteiger partial charge on any atom is -0.507 e. The Bertz CT molecular complexity index is 1020. The summed E-state index contributed by atoms with van der Waals surface area (Å²) in [6.45, 7) is 0.919. The quantitative estimate of drug-likeness (QED) is 0.716. The first-order valence-corrected chi connectivity index (χ1v) is 10.3.